The van der Waals surface area contributed by atoms with Crippen LogP contribution in [0.2, 0.25) is 0 Å². The maximum atomic E-state index is 12.2. The summed E-state index contributed by atoms with van der Waals surface area (Å²) in [6.07, 6.45) is 0.558. The fraction of sp³-hybridized carbons (Fsp3) is 0.933. The first-order chi connectivity index (χ1) is 9.01. The molecule has 0 aromatic rings. The highest BCUT2D eigenvalue weighted by molar-refractivity contribution is 5.69. The van der Waals surface area contributed by atoms with E-state index in [9.17, 15) is 4.79 Å². The Hall–Kier alpha value is -0.810. The van der Waals surface area contributed by atoms with E-state index >= 15 is 0 Å². The highest BCUT2D eigenvalue weighted by Crippen LogP contribution is 2.17. The van der Waals surface area contributed by atoms with Gasteiger partial charge in [-0.15, -0.1) is 0 Å². The van der Waals surface area contributed by atoms with E-state index in [2.05, 4.69) is 5.32 Å². The fourth-order valence-electron chi connectivity index (χ4n) is 1.74. The van der Waals surface area contributed by atoms with Crippen LogP contribution in [0.25, 0.3) is 0 Å². The third kappa shape index (κ3) is 7.70. The first kappa shape index (κ1) is 19.2. The lowest BCUT2D eigenvalue weighted by Crippen LogP contribution is -2.51. The Morgan fingerprint density at radius 1 is 1.25 bits per heavy atom. The van der Waals surface area contributed by atoms with Crippen molar-refractivity contribution in [3.63, 3.8) is 0 Å². The number of amides is 1. The SMILES string of the molecule is CC[C@@H](CO)NCCN(C(=O)OC(C)(C)C)C(C)(C)C. The summed E-state index contributed by atoms with van der Waals surface area (Å²) in [7, 11) is 0. The van der Waals surface area contributed by atoms with Crippen molar-refractivity contribution in [2.45, 2.75) is 72.1 Å². The molecule has 0 saturated carbocycles. The van der Waals surface area contributed by atoms with E-state index in [1.165, 1.54) is 0 Å². The summed E-state index contributed by atoms with van der Waals surface area (Å²) in [6.45, 7) is 14.9. The van der Waals surface area contributed by atoms with Gasteiger partial charge >= 0.3 is 6.09 Å². The smallest absolute Gasteiger partial charge is 0.410 e. The van der Waals surface area contributed by atoms with E-state index in [0.29, 0.717) is 13.1 Å². The van der Waals surface area contributed by atoms with Crippen molar-refractivity contribution in [2.24, 2.45) is 0 Å². The predicted molar refractivity (Wildman–Crippen MR) is 81.9 cm³/mol. The van der Waals surface area contributed by atoms with Gasteiger partial charge in [-0.05, 0) is 48.0 Å². The Bertz CT molecular complexity index is 288. The number of hydrogen-bond donors (Lipinski definition) is 2. The Balaban J connectivity index is 4.56. The average Bonchev–Trinajstić information content (AvgIpc) is 2.25. The van der Waals surface area contributed by atoms with E-state index in [-0.39, 0.29) is 24.3 Å². The zero-order valence-electron chi connectivity index (χ0n) is 14.1. The normalized spacial score (nSPS) is 14.0. The van der Waals surface area contributed by atoms with Crippen molar-refractivity contribution in [1.29, 1.82) is 0 Å². The van der Waals surface area contributed by atoms with Crippen LogP contribution in [0.1, 0.15) is 54.9 Å². The molecular weight excluding hydrogens is 256 g/mol. The molecule has 1 atom stereocenters. The molecule has 0 heterocycles. The Kier molecular flexibility index (Phi) is 7.52. The van der Waals surface area contributed by atoms with Crippen LogP contribution in [0.4, 0.5) is 4.79 Å². The molecule has 1 amide bonds. The summed E-state index contributed by atoms with van der Waals surface area (Å²) in [6, 6.07) is 0.0791. The monoisotopic (exact) mass is 288 g/mol. The molecule has 0 fully saturated rings. The molecule has 0 bridgehead atoms. The first-order valence-electron chi connectivity index (χ1n) is 7.36. The van der Waals surface area contributed by atoms with Gasteiger partial charge < -0.3 is 20.1 Å². The van der Waals surface area contributed by atoms with Crippen LogP contribution in [0.5, 0.6) is 0 Å². The molecule has 0 aliphatic carbocycles. The van der Waals surface area contributed by atoms with Crippen molar-refractivity contribution in [3.05, 3.63) is 0 Å². The van der Waals surface area contributed by atoms with Crippen LogP contribution in [0, 0.1) is 0 Å². The van der Waals surface area contributed by atoms with Crippen molar-refractivity contribution >= 4 is 6.09 Å². The maximum absolute atomic E-state index is 12.2. The summed E-state index contributed by atoms with van der Waals surface area (Å²) in [5.74, 6) is 0. The van der Waals surface area contributed by atoms with Crippen molar-refractivity contribution in [2.75, 3.05) is 19.7 Å². The molecule has 0 aromatic carbocycles. The molecule has 2 N–H and O–H groups in total. The lowest BCUT2D eigenvalue weighted by Gasteiger charge is -2.37. The number of hydrogen-bond acceptors (Lipinski definition) is 4. The second-order valence-electron chi connectivity index (χ2n) is 7.04. The summed E-state index contributed by atoms with van der Waals surface area (Å²) < 4.78 is 5.45. The van der Waals surface area contributed by atoms with Crippen molar-refractivity contribution in [1.82, 2.24) is 10.2 Å². The number of ether oxygens (including phenoxy) is 1. The van der Waals surface area contributed by atoms with Crippen LogP contribution in [-0.2, 0) is 4.74 Å². The molecule has 0 saturated heterocycles. The maximum Gasteiger partial charge on any atom is 0.410 e. The van der Waals surface area contributed by atoms with E-state index in [4.69, 9.17) is 9.84 Å². The lowest BCUT2D eigenvalue weighted by molar-refractivity contribution is 0.00636. The minimum Gasteiger partial charge on any atom is -0.444 e. The first-order valence-corrected chi connectivity index (χ1v) is 7.36. The minimum atomic E-state index is -0.495. The molecular formula is C15H32N2O3. The summed E-state index contributed by atoms with van der Waals surface area (Å²) >= 11 is 0. The number of nitrogens with zero attached hydrogens (tertiary/aromatic N) is 1. The third-order valence-corrected chi connectivity index (χ3v) is 2.91. The number of rotatable bonds is 6. The van der Waals surface area contributed by atoms with Gasteiger partial charge in [0.05, 0.1) is 6.61 Å². The number of carbonyl (C=O) groups excluding carboxylic acids is 1. The highest BCUT2D eigenvalue weighted by Gasteiger charge is 2.30. The summed E-state index contributed by atoms with van der Waals surface area (Å²) in [5, 5.41) is 12.4. The van der Waals surface area contributed by atoms with Crippen LogP contribution in [-0.4, -0.2) is 53.0 Å². The van der Waals surface area contributed by atoms with Gasteiger partial charge in [0.25, 0.3) is 0 Å². The molecule has 0 spiro atoms. The van der Waals surface area contributed by atoms with E-state index in [1.807, 2.05) is 48.5 Å². The van der Waals surface area contributed by atoms with E-state index in [0.717, 1.165) is 6.42 Å². The Labute approximate surface area is 123 Å². The van der Waals surface area contributed by atoms with Gasteiger partial charge in [0, 0.05) is 24.7 Å². The standard InChI is InChI=1S/C15H32N2O3/c1-8-12(11-18)16-9-10-17(14(2,3)4)13(19)20-15(5,6)7/h12,16,18H,8-11H2,1-7H3/t12-/m0/s1. The molecule has 0 radical (unpaired) electrons. The predicted octanol–water partition coefficient (Wildman–Crippen LogP) is 2.38. The van der Waals surface area contributed by atoms with Crippen LogP contribution in [0.3, 0.4) is 0 Å². The second-order valence-corrected chi connectivity index (χ2v) is 7.04. The quantitative estimate of drug-likeness (QED) is 0.788. The van der Waals surface area contributed by atoms with Gasteiger partial charge in [-0.3, -0.25) is 0 Å². The Morgan fingerprint density at radius 2 is 1.80 bits per heavy atom. The van der Waals surface area contributed by atoms with Crippen molar-refractivity contribution in [3.8, 4) is 0 Å². The molecule has 120 valence electrons. The van der Waals surface area contributed by atoms with Gasteiger partial charge in [-0.2, -0.15) is 0 Å². The zero-order chi connectivity index (χ0) is 16.0. The third-order valence-electron chi connectivity index (χ3n) is 2.91. The van der Waals surface area contributed by atoms with Gasteiger partial charge in [0.1, 0.15) is 5.60 Å². The number of carbonyl (C=O) groups is 1. The van der Waals surface area contributed by atoms with Gasteiger partial charge in [-0.1, -0.05) is 6.92 Å². The number of aliphatic hydroxyl groups excluding tert-OH is 1. The molecule has 5 heteroatoms. The molecule has 0 rings (SSSR count). The molecule has 0 aliphatic heterocycles. The average molecular weight is 288 g/mol. The lowest BCUT2D eigenvalue weighted by atomic mass is 10.1. The van der Waals surface area contributed by atoms with Gasteiger partial charge in [0.2, 0.25) is 0 Å². The minimum absolute atomic E-state index is 0.0791. The number of nitrogens with one attached hydrogen (secondary N) is 1. The van der Waals surface area contributed by atoms with E-state index < -0.39 is 5.60 Å². The van der Waals surface area contributed by atoms with Gasteiger partial charge in [0.15, 0.2) is 0 Å². The molecule has 5 nitrogen and oxygen atoms in total. The number of aliphatic hydroxyl groups is 1. The molecule has 0 aromatic heterocycles. The fourth-order valence-corrected chi connectivity index (χ4v) is 1.74. The van der Waals surface area contributed by atoms with Crippen molar-refractivity contribution < 1.29 is 14.6 Å². The topological polar surface area (TPSA) is 61.8 Å². The molecule has 0 unspecified atom stereocenters. The Morgan fingerprint density at radius 3 is 2.15 bits per heavy atom. The molecule has 20 heavy (non-hydrogen) atoms. The second kappa shape index (κ2) is 7.84. The van der Waals surface area contributed by atoms with Crippen LogP contribution in [0.15, 0.2) is 0 Å². The molecule has 0 aliphatic rings. The summed E-state index contributed by atoms with van der Waals surface area (Å²) in [5.41, 5.74) is -0.796. The largest absolute Gasteiger partial charge is 0.444 e. The highest BCUT2D eigenvalue weighted by atomic mass is 16.6. The van der Waals surface area contributed by atoms with E-state index in [1.54, 1.807) is 4.90 Å². The van der Waals surface area contributed by atoms with Crippen LogP contribution < -0.4 is 5.32 Å². The zero-order valence-corrected chi connectivity index (χ0v) is 14.1. The van der Waals surface area contributed by atoms with Crippen LogP contribution >= 0.6 is 0 Å². The van der Waals surface area contributed by atoms with Gasteiger partial charge in [-0.25, -0.2) is 4.79 Å². The summed E-state index contributed by atoms with van der Waals surface area (Å²) in [4.78, 5) is 14.0.